The van der Waals surface area contributed by atoms with E-state index in [0.29, 0.717) is 12.5 Å². The SMILES string of the molecule is CCN([C]=O)C(=C=O)OC(C)C1CC1. The molecule has 0 aromatic rings. The quantitative estimate of drug-likeness (QED) is 0.359. The van der Waals surface area contributed by atoms with Crippen LogP contribution in [0.1, 0.15) is 26.7 Å². The number of carbonyl (C=O) groups excluding carboxylic acids is 2. The monoisotopic (exact) mass is 196 g/mol. The first kappa shape index (κ1) is 10.8. The summed E-state index contributed by atoms with van der Waals surface area (Å²) < 4.78 is 5.32. The van der Waals surface area contributed by atoms with Crippen molar-refractivity contribution in [2.75, 3.05) is 6.54 Å². The largest absolute Gasteiger partial charge is 0.467 e. The van der Waals surface area contributed by atoms with Crippen molar-refractivity contribution in [2.24, 2.45) is 5.92 Å². The van der Waals surface area contributed by atoms with Gasteiger partial charge in [-0.15, -0.1) is 0 Å². The van der Waals surface area contributed by atoms with E-state index >= 15 is 0 Å². The predicted octanol–water partition coefficient (Wildman–Crippen LogP) is 0.864. The molecule has 1 rings (SSSR count). The summed E-state index contributed by atoms with van der Waals surface area (Å²) in [6.45, 7) is 4.01. The first-order chi connectivity index (χ1) is 6.72. The van der Waals surface area contributed by atoms with Crippen molar-refractivity contribution in [3.05, 3.63) is 5.88 Å². The molecule has 0 spiro atoms. The molecule has 1 unspecified atom stereocenters. The van der Waals surface area contributed by atoms with Gasteiger partial charge in [0.25, 0.3) is 5.88 Å². The normalized spacial score (nSPS) is 16.7. The summed E-state index contributed by atoms with van der Waals surface area (Å²) in [6, 6.07) is 0. The Kier molecular flexibility index (Phi) is 3.72. The minimum absolute atomic E-state index is 0.0196. The van der Waals surface area contributed by atoms with Gasteiger partial charge < -0.3 is 4.74 Å². The number of nitrogens with zero attached hydrogens (tertiary/aromatic N) is 1. The summed E-state index contributed by atoms with van der Waals surface area (Å²) in [7, 11) is 0. The van der Waals surface area contributed by atoms with Crippen molar-refractivity contribution in [2.45, 2.75) is 32.8 Å². The Morgan fingerprint density at radius 1 is 1.57 bits per heavy atom. The van der Waals surface area contributed by atoms with Crippen LogP contribution >= 0.6 is 0 Å². The molecule has 4 heteroatoms. The van der Waals surface area contributed by atoms with Crippen LogP contribution in [-0.2, 0) is 14.3 Å². The van der Waals surface area contributed by atoms with Crippen LogP contribution in [0.3, 0.4) is 0 Å². The summed E-state index contributed by atoms with van der Waals surface area (Å²) in [5.74, 6) is 2.09. The van der Waals surface area contributed by atoms with E-state index in [0.717, 1.165) is 17.7 Å². The van der Waals surface area contributed by atoms with Crippen LogP contribution in [0.4, 0.5) is 0 Å². The molecule has 1 atom stereocenters. The lowest BCUT2D eigenvalue weighted by atomic mass is 10.3. The Morgan fingerprint density at radius 3 is 2.57 bits per heavy atom. The third kappa shape index (κ3) is 2.60. The predicted molar refractivity (Wildman–Crippen MR) is 50.6 cm³/mol. The summed E-state index contributed by atoms with van der Waals surface area (Å²) in [5, 5.41) is 0. The van der Waals surface area contributed by atoms with E-state index in [4.69, 9.17) is 4.74 Å². The molecule has 77 valence electrons. The van der Waals surface area contributed by atoms with Gasteiger partial charge in [0, 0.05) is 6.54 Å². The van der Waals surface area contributed by atoms with Crippen LogP contribution in [0, 0.1) is 5.92 Å². The van der Waals surface area contributed by atoms with E-state index in [2.05, 4.69) is 0 Å². The molecular weight excluding hydrogens is 182 g/mol. The Bertz CT molecular complexity index is 254. The van der Waals surface area contributed by atoms with Crippen molar-refractivity contribution < 1.29 is 14.3 Å². The average molecular weight is 196 g/mol. The number of amides is 1. The van der Waals surface area contributed by atoms with Crippen molar-refractivity contribution in [3.8, 4) is 0 Å². The second-order valence-corrected chi connectivity index (χ2v) is 3.40. The first-order valence-corrected chi connectivity index (χ1v) is 4.80. The average Bonchev–Trinajstić information content (AvgIpc) is 3.01. The maximum absolute atomic E-state index is 10.5. The molecule has 0 heterocycles. The van der Waals surface area contributed by atoms with E-state index in [-0.39, 0.29) is 12.0 Å². The second kappa shape index (κ2) is 4.82. The lowest BCUT2D eigenvalue weighted by Gasteiger charge is -2.19. The molecule has 4 nitrogen and oxygen atoms in total. The topological polar surface area (TPSA) is 46.6 Å². The molecule has 1 aliphatic rings. The number of ether oxygens (including phenoxy) is 1. The fourth-order valence-electron chi connectivity index (χ4n) is 1.23. The van der Waals surface area contributed by atoms with Gasteiger partial charge in [0.15, 0.2) is 5.94 Å². The molecule has 1 fully saturated rings. The molecule has 1 radical (unpaired) electrons. The Hall–Kier alpha value is -1.28. The van der Waals surface area contributed by atoms with Gasteiger partial charge in [0.05, 0.1) is 0 Å². The lowest BCUT2D eigenvalue weighted by molar-refractivity contribution is 0.0743. The Morgan fingerprint density at radius 2 is 2.21 bits per heavy atom. The van der Waals surface area contributed by atoms with Crippen molar-refractivity contribution in [1.29, 1.82) is 0 Å². The lowest BCUT2D eigenvalue weighted by Crippen LogP contribution is -2.26. The number of hydrogen-bond acceptors (Lipinski definition) is 3. The molecular formula is C10H14NO3. The van der Waals surface area contributed by atoms with Gasteiger partial charge in [0.1, 0.15) is 6.10 Å². The minimum atomic E-state index is -0.0538. The summed E-state index contributed by atoms with van der Waals surface area (Å²) in [6.07, 6.45) is 3.87. The van der Waals surface area contributed by atoms with Crippen LogP contribution in [0.5, 0.6) is 0 Å². The van der Waals surface area contributed by atoms with Gasteiger partial charge in [-0.2, -0.15) is 0 Å². The zero-order valence-electron chi connectivity index (χ0n) is 8.45. The molecule has 0 aromatic carbocycles. The maximum atomic E-state index is 10.5. The van der Waals surface area contributed by atoms with E-state index in [1.165, 1.54) is 0 Å². The van der Waals surface area contributed by atoms with E-state index < -0.39 is 0 Å². The highest BCUT2D eigenvalue weighted by atomic mass is 16.5. The van der Waals surface area contributed by atoms with Gasteiger partial charge >= 0.3 is 6.41 Å². The molecule has 0 saturated heterocycles. The number of rotatable bonds is 6. The third-order valence-electron chi connectivity index (χ3n) is 2.34. The van der Waals surface area contributed by atoms with Crippen molar-refractivity contribution in [1.82, 2.24) is 4.90 Å². The zero-order chi connectivity index (χ0) is 10.6. The molecule has 1 aliphatic carbocycles. The van der Waals surface area contributed by atoms with Crippen LogP contribution < -0.4 is 0 Å². The summed E-state index contributed by atoms with van der Waals surface area (Å²) >= 11 is 0. The number of hydrogen-bond donors (Lipinski definition) is 0. The maximum Gasteiger partial charge on any atom is 0.319 e. The van der Waals surface area contributed by atoms with Gasteiger partial charge in [-0.25, -0.2) is 4.79 Å². The molecule has 1 saturated carbocycles. The first-order valence-electron chi connectivity index (χ1n) is 4.80. The summed E-state index contributed by atoms with van der Waals surface area (Å²) in [5.41, 5.74) is 0. The van der Waals surface area contributed by atoms with E-state index in [1.807, 2.05) is 6.92 Å². The fourth-order valence-corrected chi connectivity index (χ4v) is 1.23. The molecule has 0 aliphatic heterocycles. The van der Waals surface area contributed by atoms with Crippen LogP contribution in [-0.4, -0.2) is 29.9 Å². The van der Waals surface area contributed by atoms with Gasteiger partial charge in [-0.05, 0) is 32.6 Å². The standard InChI is InChI=1S/C10H14NO3/c1-3-11(7-13)10(6-12)14-8(2)9-4-5-9/h8-9H,3-5H2,1-2H3. The third-order valence-corrected chi connectivity index (χ3v) is 2.34. The zero-order valence-corrected chi connectivity index (χ0v) is 8.45. The highest BCUT2D eigenvalue weighted by molar-refractivity contribution is 5.59. The summed E-state index contributed by atoms with van der Waals surface area (Å²) in [4.78, 5) is 22.0. The van der Waals surface area contributed by atoms with E-state index in [1.54, 1.807) is 19.3 Å². The van der Waals surface area contributed by atoms with Crippen molar-refractivity contribution >= 4 is 12.4 Å². The molecule has 0 aromatic heterocycles. The molecule has 14 heavy (non-hydrogen) atoms. The Labute approximate surface area is 83.5 Å². The van der Waals surface area contributed by atoms with Crippen molar-refractivity contribution in [3.63, 3.8) is 0 Å². The molecule has 0 bridgehead atoms. The van der Waals surface area contributed by atoms with Crippen LogP contribution in [0.15, 0.2) is 5.88 Å². The minimum Gasteiger partial charge on any atom is -0.467 e. The van der Waals surface area contributed by atoms with E-state index in [9.17, 15) is 9.59 Å². The second-order valence-electron chi connectivity index (χ2n) is 3.40. The van der Waals surface area contributed by atoms with Crippen LogP contribution in [0.2, 0.25) is 0 Å². The Balaban J connectivity index is 2.53. The highest BCUT2D eigenvalue weighted by Gasteiger charge is 2.30. The highest BCUT2D eigenvalue weighted by Crippen LogP contribution is 2.34. The van der Waals surface area contributed by atoms with Crippen LogP contribution in [0.25, 0.3) is 0 Å². The molecule has 1 amide bonds. The fraction of sp³-hybridized carbons (Fsp3) is 0.700. The molecule has 0 N–H and O–H groups in total. The van der Waals surface area contributed by atoms with Gasteiger partial charge in [-0.3, -0.25) is 9.69 Å². The smallest absolute Gasteiger partial charge is 0.319 e. The van der Waals surface area contributed by atoms with Gasteiger partial charge in [-0.1, -0.05) is 0 Å². The van der Waals surface area contributed by atoms with Gasteiger partial charge in [0.2, 0.25) is 0 Å².